The smallest absolute Gasteiger partial charge is 0.226 e. The molecule has 0 fully saturated rings. The topological polar surface area (TPSA) is 74.7 Å². The molecule has 1 aromatic heterocycles. The van der Waals surface area contributed by atoms with Crippen LogP contribution in [0.4, 0.5) is 0 Å². The molecule has 0 bridgehead atoms. The Balaban J connectivity index is 1.75. The first-order valence-electron chi connectivity index (χ1n) is 9.51. The molecule has 1 aliphatic carbocycles. The summed E-state index contributed by atoms with van der Waals surface area (Å²) in [6.45, 7) is 3.86. The second-order valence-corrected chi connectivity index (χ2v) is 8.39. The van der Waals surface area contributed by atoms with Crippen LogP contribution in [0.2, 0.25) is 0 Å². The first-order chi connectivity index (χ1) is 13.3. The van der Waals surface area contributed by atoms with Gasteiger partial charge in [-0.05, 0) is 73.4 Å². The molecule has 0 aliphatic heterocycles. The van der Waals surface area contributed by atoms with Crippen molar-refractivity contribution in [1.82, 2.24) is 4.90 Å². The standard InChI is InChI=1S/C22H25NO4S/c1-14(24)7-8-23(12-16-9-21(15(2)25)28-13-16)22(27)19-4-3-18-11-20(26)6-5-17(18)10-19/h5-6,9,11,13,19,26H,3-4,7-8,10,12H2,1-2H3. The molecule has 1 unspecified atom stereocenters. The second kappa shape index (κ2) is 8.69. The van der Waals surface area contributed by atoms with Crippen molar-refractivity contribution in [1.29, 1.82) is 0 Å². The summed E-state index contributed by atoms with van der Waals surface area (Å²) in [5, 5.41) is 11.6. The molecule has 28 heavy (non-hydrogen) atoms. The maximum Gasteiger partial charge on any atom is 0.226 e. The Labute approximate surface area is 169 Å². The van der Waals surface area contributed by atoms with Gasteiger partial charge in [-0.25, -0.2) is 0 Å². The highest BCUT2D eigenvalue weighted by atomic mass is 32.1. The van der Waals surface area contributed by atoms with E-state index in [1.54, 1.807) is 17.0 Å². The van der Waals surface area contributed by atoms with Crippen molar-refractivity contribution in [2.75, 3.05) is 6.54 Å². The summed E-state index contributed by atoms with van der Waals surface area (Å²) in [4.78, 5) is 38.7. The fourth-order valence-electron chi connectivity index (χ4n) is 3.63. The van der Waals surface area contributed by atoms with Crippen LogP contribution in [0, 0.1) is 5.92 Å². The fraction of sp³-hybridized carbons (Fsp3) is 0.409. The molecule has 1 aromatic carbocycles. The van der Waals surface area contributed by atoms with Crippen molar-refractivity contribution < 1.29 is 19.5 Å². The number of phenols is 1. The highest BCUT2D eigenvalue weighted by Gasteiger charge is 2.29. The summed E-state index contributed by atoms with van der Waals surface area (Å²) in [5.74, 6) is 0.248. The summed E-state index contributed by atoms with van der Waals surface area (Å²) in [5.41, 5.74) is 3.12. The highest BCUT2D eigenvalue weighted by Crippen LogP contribution is 2.30. The monoisotopic (exact) mass is 399 g/mol. The molecule has 6 heteroatoms. The lowest BCUT2D eigenvalue weighted by Crippen LogP contribution is -2.39. The quantitative estimate of drug-likeness (QED) is 0.719. The summed E-state index contributed by atoms with van der Waals surface area (Å²) in [6, 6.07) is 7.16. The molecule has 1 atom stereocenters. The number of carbonyl (C=O) groups excluding carboxylic acids is 3. The minimum absolute atomic E-state index is 0.0185. The average molecular weight is 400 g/mol. The number of phenolic OH excluding ortho intramolecular Hbond substituents is 1. The molecule has 1 N–H and O–H groups in total. The highest BCUT2D eigenvalue weighted by molar-refractivity contribution is 7.12. The maximum atomic E-state index is 13.2. The normalized spacial score (nSPS) is 15.7. The van der Waals surface area contributed by atoms with Crippen LogP contribution in [0.25, 0.3) is 0 Å². The Morgan fingerprint density at radius 3 is 2.64 bits per heavy atom. The number of ketones is 2. The number of carbonyl (C=O) groups is 3. The number of benzene rings is 1. The molecule has 5 nitrogen and oxygen atoms in total. The summed E-state index contributed by atoms with van der Waals surface area (Å²) in [6.07, 6.45) is 2.46. The lowest BCUT2D eigenvalue weighted by molar-refractivity contribution is -0.137. The van der Waals surface area contributed by atoms with E-state index in [0.29, 0.717) is 30.8 Å². The van der Waals surface area contributed by atoms with E-state index >= 15 is 0 Å². The van der Waals surface area contributed by atoms with E-state index < -0.39 is 0 Å². The van der Waals surface area contributed by atoms with Crippen LogP contribution in [-0.4, -0.2) is 34.0 Å². The Morgan fingerprint density at radius 2 is 1.96 bits per heavy atom. The van der Waals surface area contributed by atoms with Gasteiger partial charge in [-0.3, -0.25) is 14.4 Å². The first-order valence-corrected chi connectivity index (χ1v) is 10.4. The van der Waals surface area contributed by atoms with Gasteiger partial charge in [0.25, 0.3) is 0 Å². The van der Waals surface area contributed by atoms with E-state index in [1.807, 2.05) is 17.5 Å². The van der Waals surface area contributed by atoms with Gasteiger partial charge < -0.3 is 10.0 Å². The van der Waals surface area contributed by atoms with Gasteiger partial charge in [0.05, 0.1) is 4.88 Å². The number of thiophene rings is 1. The van der Waals surface area contributed by atoms with Gasteiger partial charge in [0, 0.05) is 25.4 Å². The molecule has 0 saturated carbocycles. The number of rotatable bonds is 7. The minimum atomic E-state index is -0.130. The number of aromatic hydroxyl groups is 1. The van der Waals surface area contributed by atoms with Crippen LogP contribution in [0.3, 0.4) is 0 Å². The second-order valence-electron chi connectivity index (χ2n) is 7.48. The third-order valence-corrected chi connectivity index (χ3v) is 6.27. The fourth-order valence-corrected chi connectivity index (χ4v) is 4.44. The van der Waals surface area contributed by atoms with E-state index in [0.717, 1.165) is 29.5 Å². The van der Waals surface area contributed by atoms with Crippen molar-refractivity contribution in [3.8, 4) is 5.75 Å². The van der Waals surface area contributed by atoms with Crippen molar-refractivity contribution in [3.63, 3.8) is 0 Å². The largest absolute Gasteiger partial charge is 0.508 e. The van der Waals surface area contributed by atoms with Crippen molar-refractivity contribution >= 4 is 28.8 Å². The van der Waals surface area contributed by atoms with Crippen molar-refractivity contribution in [2.24, 2.45) is 5.92 Å². The molecule has 3 rings (SSSR count). The molecule has 1 amide bonds. The molecule has 148 valence electrons. The lowest BCUT2D eigenvalue weighted by atomic mass is 9.83. The van der Waals surface area contributed by atoms with Crippen LogP contribution in [0.15, 0.2) is 29.6 Å². The summed E-state index contributed by atoms with van der Waals surface area (Å²) < 4.78 is 0. The predicted molar refractivity (Wildman–Crippen MR) is 109 cm³/mol. The van der Waals surface area contributed by atoms with Gasteiger partial charge in [0.2, 0.25) is 5.91 Å². The van der Waals surface area contributed by atoms with Gasteiger partial charge in [-0.1, -0.05) is 6.07 Å². The third kappa shape index (κ3) is 4.87. The number of amides is 1. The van der Waals surface area contributed by atoms with E-state index in [2.05, 4.69) is 0 Å². The Hall–Kier alpha value is -2.47. The zero-order chi connectivity index (χ0) is 20.3. The Bertz CT molecular complexity index is 902. The van der Waals surface area contributed by atoms with E-state index in [-0.39, 0.29) is 29.1 Å². The number of nitrogens with zero attached hydrogens (tertiary/aromatic N) is 1. The zero-order valence-corrected chi connectivity index (χ0v) is 17.1. The van der Waals surface area contributed by atoms with Gasteiger partial charge in [0.1, 0.15) is 11.5 Å². The lowest BCUT2D eigenvalue weighted by Gasteiger charge is -2.30. The number of aryl methyl sites for hydroxylation is 1. The SMILES string of the molecule is CC(=O)CCN(Cc1csc(C(C)=O)c1)C(=O)C1CCc2cc(O)ccc2C1. The molecule has 0 radical (unpaired) electrons. The van der Waals surface area contributed by atoms with Crippen LogP contribution in [-0.2, 0) is 29.0 Å². The van der Waals surface area contributed by atoms with Crippen LogP contribution >= 0.6 is 11.3 Å². The van der Waals surface area contributed by atoms with Crippen LogP contribution in [0.5, 0.6) is 5.75 Å². The van der Waals surface area contributed by atoms with E-state index in [4.69, 9.17) is 0 Å². The molecule has 0 saturated heterocycles. The zero-order valence-electron chi connectivity index (χ0n) is 16.2. The van der Waals surface area contributed by atoms with E-state index in [1.165, 1.54) is 25.2 Å². The molecule has 1 aliphatic rings. The molecular formula is C22H25NO4S. The Morgan fingerprint density at radius 1 is 1.18 bits per heavy atom. The van der Waals surface area contributed by atoms with Gasteiger partial charge >= 0.3 is 0 Å². The van der Waals surface area contributed by atoms with Crippen molar-refractivity contribution in [3.05, 3.63) is 51.2 Å². The summed E-state index contributed by atoms with van der Waals surface area (Å²) >= 11 is 1.39. The van der Waals surface area contributed by atoms with Gasteiger partial charge in [-0.2, -0.15) is 0 Å². The van der Waals surface area contributed by atoms with Gasteiger partial charge in [0.15, 0.2) is 5.78 Å². The number of hydrogen-bond acceptors (Lipinski definition) is 5. The molecule has 1 heterocycles. The number of hydrogen-bond donors (Lipinski definition) is 1. The predicted octanol–water partition coefficient (Wildman–Crippen LogP) is 3.77. The molecule has 2 aromatic rings. The molecular weight excluding hydrogens is 374 g/mol. The Kier molecular flexibility index (Phi) is 6.29. The number of fused-ring (bicyclic) bond motifs is 1. The van der Waals surface area contributed by atoms with Crippen LogP contribution in [0.1, 0.15) is 53.1 Å². The van der Waals surface area contributed by atoms with Crippen molar-refractivity contribution in [2.45, 2.75) is 46.1 Å². The molecule has 0 spiro atoms. The summed E-state index contributed by atoms with van der Waals surface area (Å²) in [7, 11) is 0. The minimum Gasteiger partial charge on any atom is -0.508 e. The van der Waals surface area contributed by atoms with E-state index in [9.17, 15) is 19.5 Å². The maximum absolute atomic E-state index is 13.2. The third-order valence-electron chi connectivity index (χ3n) is 5.19. The van der Waals surface area contributed by atoms with Crippen LogP contribution < -0.4 is 0 Å². The average Bonchev–Trinajstić information content (AvgIpc) is 3.13. The van der Waals surface area contributed by atoms with Gasteiger partial charge in [-0.15, -0.1) is 11.3 Å². The first kappa shape index (κ1) is 20.3. The number of Topliss-reactive ketones (excluding diaryl/α,β-unsaturated/α-hetero) is 2.